The van der Waals surface area contributed by atoms with Gasteiger partial charge >= 0.3 is 0 Å². The van der Waals surface area contributed by atoms with Gasteiger partial charge < -0.3 is 4.90 Å². The Hall–Kier alpha value is -2.24. The molecule has 120 valence electrons. The molecule has 6 nitrogen and oxygen atoms in total. The minimum atomic E-state index is -0.975. The first kappa shape index (κ1) is 14.4. The molecule has 1 saturated carbocycles. The Bertz CT molecular complexity index is 711. The minimum absolute atomic E-state index is 0.0206. The van der Waals surface area contributed by atoms with Gasteiger partial charge in [-0.15, -0.1) is 0 Å². The number of nitro benzene ring substituents is 1. The highest BCUT2D eigenvalue weighted by molar-refractivity contribution is 6.11. The summed E-state index contributed by atoms with van der Waals surface area (Å²) in [6, 6.07) is 4.75. The maximum absolute atomic E-state index is 12.8. The van der Waals surface area contributed by atoms with Crippen molar-refractivity contribution in [2.75, 3.05) is 11.4 Å². The van der Waals surface area contributed by atoms with Gasteiger partial charge in [-0.1, -0.05) is 0 Å². The molecule has 1 unspecified atom stereocenters. The zero-order chi connectivity index (χ0) is 16.2. The number of ketones is 2. The summed E-state index contributed by atoms with van der Waals surface area (Å²) in [7, 11) is 0. The minimum Gasteiger partial charge on any atom is -0.367 e. The number of non-ortho nitro benzene ring substituents is 1. The van der Waals surface area contributed by atoms with Crippen LogP contribution in [-0.4, -0.2) is 29.1 Å². The number of carbonyl (C=O) groups is 2. The van der Waals surface area contributed by atoms with Gasteiger partial charge in [-0.2, -0.15) is 0 Å². The van der Waals surface area contributed by atoms with Crippen molar-refractivity contribution in [1.82, 2.24) is 0 Å². The predicted molar refractivity (Wildman–Crippen MR) is 83.5 cm³/mol. The fourth-order valence-corrected chi connectivity index (χ4v) is 4.67. The highest BCUT2D eigenvalue weighted by Gasteiger charge is 2.58. The van der Waals surface area contributed by atoms with Gasteiger partial charge in [0.25, 0.3) is 5.69 Å². The highest BCUT2D eigenvalue weighted by atomic mass is 16.6. The third kappa shape index (κ3) is 1.87. The van der Waals surface area contributed by atoms with E-state index in [0.29, 0.717) is 25.7 Å². The number of carbonyl (C=O) groups excluding carboxylic acids is 2. The molecule has 1 aromatic carbocycles. The van der Waals surface area contributed by atoms with E-state index in [0.717, 1.165) is 30.6 Å². The van der Waals surface area contributed by atoms with Crippen molar-refractivity contribution < 1.29 is 14.5 Å². The smallest absolute Gasteiger partial charge is 0.269 e. The van der Waals surface area contributed by atoms with E-state index in [9.17, 15) is 19.7 Å². The van der Waals surface area contributed by atoms with Crippen molar-refractivity contribution in [3.05, 3.63) is 33.9 Å². The molecule has 23 heavy (non-hydrogen) atoms. The Morgan fingerprint density at radius 2 is 1.91 bits per heavy atom. The van der Waals surface area contributed by atoms with Gasteiger partial charge in [0.15, 0.2) is 0 Å². The van der Waals surface area contributed by atoms with Gasteiger partial charge in [0.1, 0.15) is 17.0 Å². The average molecular weight is 314 g/mol. The number of nitro groups is 1. The molecule has 0 radical (unpaired) electrons. The lowest BCUT2D eigenvalue weighted by Gasteiger charge is -2.48. The highest BCUT2D eigenvalue weighted by Crippen LogP contribution is 2.50. The second-order valence-electron chi connectivity index (χ2n) is 6.77. The molecule has 1 spiro atoms. The lowest BCUT2D eigenvalue weighted by molar-refractivity contribution is -0.384. The zero-order valence-electron chi connectivity index (χ0n) is 12.8. The number of Topliss-reactive ketones (excluding diaryl/α,β-unsaturated/α-hetero) is 2. The molecule has 4 rings (SSSR count). The Morgan fingerprint density at radius 3 is 2.61 bits per heavy atom. The van der Waals surface area contributed by atoms with Crippen LogP contribution in [-0.2, 0) is 16.0 Å². The van der Waals surface area contributed by atoms with Crippen molar-refractivity contribution >= 4 is 22.9 Å². The molecule has 3 aliphatic rings. The molecule has 0 N–H and O–H groups in total. The van der Waals surface area contributed by atoms with Gasteiger partial charge in [0.05, 0.1) is 4.92 Å². The summed E-state index contributed by atoms with van der Waals surface area (Å²) < 4.78 is 0. The molecule has 1 saturated heterocycles. The fourth-order valence-electron chi connectivity index (χ4n) is 4.67. The number of anilines is 1. The first-order valence-electron chi connectivity index (χ1n) is 8.14. The van der Waals surface area contributed by atoms with Gasteiger partial charge in [-0.3, -0.25) is 19.7 Å². The van der Waals surface area contributed by atoms with Gasteiger partial charge in [0.2, 0.25) is 0 Å². The predicted octanol–water partition coefficient (Wildman–Crippen LogP) is 2.43. The lowest BCUT2D eigenvalue weighted by atomic mass is 9.61. The van der Waals surface area contributed by atoms with Crippen molar-refractivity contribution in [2.45, 2.75) is 44.6 Å². The standard InChI is InChI=1S/C17H18N2O4/c20-15-4-1-5-16(21)17(15)10-11-9-12(19(22)23)6-7-13(11)18-8-2-3-14(17)18/h6-7,9,14H,1-5,8,10H2. The van der Waals surface area contributed by atoms with E-state index < -0.39 is 10.3 Å². The first-order chi connectivity index (χ1) is 11.0. The molecular formula is C17H18N2O4. The molecule has 2 heterocycles. The summed E-state index contributed by atoms with van der Waals surface area (Å²) in [5, 5.41) is 11.1. The van der Waals surface area contributed by atoms with E-state index in [2.05, 4.69) is 4.90 Å². The van der Waals surface area contributed by atoms with Crippen molar-refractivity contribution in [3.8, 4) is 0 Å². The summed E-state index contributed by atoms with van der Waals surface area (Å²) in [4.78, 5) is 38.3. The van der Waals surface area contributed by atoms with Crippen LogP contribution in [0.15, 0.2) is 18.2 Å². The third-order valence-corrected chi connectivity index (χ3v) is 5.68. The van der Waals surface area contributed by atoms with Crippen molar-refractivity contribution in [3.63, 3.8) is 0 Å². The topological polar surface area (TPSA) is 80.5 Å². The number of hydrogen-bond donors (Lipinski definition) is 0. The van der Waals surface area contributed by atoms with Gasteiger partial charge in [-0.05, 0) is 37.3 Å². The molecule has 2 fully saturated rings. The van der Waals surface area contributed by atoms with Crippen molar-refractivity contribution in [2.24, 2.45) is 5.41 Å². The molecule has 2 aliphatic heterocycles. The Labute approximate surface area is 133 Å². The van der Waals surface area contributed by atoms with Crippen molar-refractivity contribution in [1.29, 1.82) is 0 Å². The molecular weight excluding hydrogens is 296 g/mol. The second kappa shape index (κ2) is 4.88. The molecule has 0 amide bonds. The third-order valence-electron chi connectivity index (χ3n) is 5.68. The molecule has 1 atom stereocenters. The molecule has 0 aromatic heterocycles. The fraction of sp³-hybridized carbons (Fsp3) is 0.529. The monoisotopic (exact) mass is 314 g/mol. The van der Waals surface area contributed by atoms with E-state index in [1.54, 1.807) is 12.1 Å². The van der Waals surface area contributed by atoms with E-state index in [-0.39, 0.29) is 23.3 Å². The lowest BCUT2D eigenvalue weighted by Crippen LogP contribution is -2.59. The van der Waals surface area contributed by atoms with Crippen LogP contribution in [0.3, 0.4) is 0 Å². The number of fused-ring (bicyclic) bond motifs is 4. The largest absolute Gasteiger partial charge is 0.367 e. The Morgan fingerprint density at radius 1 is 1.17 bits per heavy atom. The van der Waals surface area contributed by atoms with E-state index in [1.807, 2.05) is 0 Å². The maximum Gasteiger partial charge on any atom is 0.269 e. The normalized spacial score (nSPS) is 25.4. The summed E-state index contributed by atoms with van der Waals surface area (Å²) in [5.41, 5.74) is 0.764. The molecule has 1 aliphatic carbocycles. The molecule has 1 aromatic rings. The van der Waals surface area contributed by atoms with E-state index in [1.165, 1.54) is 6.07 Å². The van der Waals surface area contributed by atoms with Crippen LogP contribution >= 0.6 is 0 Å². The quantitative estimate of drug-likeness (QED) is 0.452. The SMILES string of the molecule is O=C1CCCC(=O)C12Cc1cc([N+](=O)[O-])ccc1N1CCCC12. The number of benzene rings is 1. The number of rotatable bonds is 1. The van der Waals surface area contributed by atoms with Crippen LogP contribution in [0.4, 0.5) is 11.4 Å². The summed E-state index contributed by atoms with van der Waals surface area (Å²) in [6.07, 6.45) is 3.63. The number of nitrogens with zero attached hydrogens (tertiary/aromatic N) is 2. The van der Waals surface area contributed by atoms with Gasteiger partial charge in [0, 0.05) is 43.2 Å². The maximum atomic E-state index is 12.8. The van der Waals surface area contributed by atoms with E-state index in [4.69, 9.17) is 0 Å². The van der Waals surface area contributed by atoms with Crippen LogP contribution in [0.5, 0.6) is 0 Å². The second-order valence-corrected chi connectivity index (χ2v) is 6.77. The van der Waals surface area contributed by atoms with E-state index >= 15 is 0 Å². The molecule has 0 bridgehead atoms. The van der Waals surface area contributed by atoms with Crippen LogP contribution in [0.25, 0.3) is 0 Å². The Balaban J connectivity index is 1.88. The average Bonchev–Trinajstić information content (AvgIpc) is 3.02. The zero-order valence-corrected chi connectivity index (χ0v) is 12.8. The van der Waals surface area contributed by atoms with Gasteiger partial charge in [-0.25, -0.2) is 0 Å². The molecule has 6 heteroatoms. The number of hydrogen-bond acceptors (Lipinski definition) is 5. The van der Waals surface area contributed by atoms with Crippen LogP contribution in [0.2, 0.25) is 0 Å². The van der Waals surface area contributed by atoms with Crippen LogP contribution in [0.1, 0.15) is 37.7 Å². The summed E-state index contributed by atoms with van der Waals surface area (Å²) in [6.45, 7) is 0.803. The Kier molecular flexibility index (Phi) is 3.04. The first-order valence-corrected chi connectivity index (χ1v) is 8.14. The summed E-state index contributed by atoms with van der Waals surface area (Å²) in [5.74, 6) is 0.0608. The van der Waals surface area contributed by atoms with Crippen LogP contribution in [0, 0.1) is 15.5 Å². The summed E-state index contributed by atoms with van der Waals surface area (Å²) >= 11 is 0. The van der Waals surface area contributed by atoms with Crippen LogP contribution < -0.4 is 4.90 Å².